The van der Waals surface area contributed by atoms with Crippen molar-refractivity contribution in [3.05, 3.63) is 60.4 Å². The Kier molecular flexibility index (Phi) is 6.88. The van der Waals surface area contributed by atoms with Crippen LogP contribution in [0.2, 0.25) is 0 Å². The molecule has 0 radical (unpaired) electrons. The van der Waals surface area contributed by atoms with Crippen LogP contribution in [0.25, 0.3) is 11.0 Å². The molecule has 1 heterocycles. The molecule has 136 valence electrons. The summed E-state index contributed by atoms with van der Waals surface area (Å²) in [6.45, 7) is 2.29. The average Bonchev–Trinajstić information content (AvgIpc) is 3.05. The van der Waals surface area contributed by atoms with E-state index < -0.39 is 0 Å². The molecule has 0 bridgehead atoms. The molecule has 0 aliphatic rings. The molecule has 0 aliphatic carbocycles. The number of hydroxylamine groups is 1. The number of furan rings is 1. The maximum absolute atomic E-state index is 11.6. The smallest absolute Gasteiger partial charge is 0.348 e. The maximum Gasteiger partial charge on any atom is 0.348 e. The third kappa shape index (κ3) is 5.20. The first-order valence-corrected chi connectivity index (χ1v) is 10.1. The van der Waals surface area contributed by atoms with Crippen molar-refractivity contribution in [1.29, 1.82) is 0 Å². The summed E-state index contributed by atoms with van der Waals surface area (Å²) in [4.78, 5) is 19.2. The van der Waals surface area contributed by atoms with Crippen LogP contribution in [0.4, 0.5) is 4.79 Å². The molecule has 0 fully saturated rings. The van der Waals surface area contributed by atoms with Crippen LogP contribution in [-0.2, 0) is 11.4 Å². The fraction of sp³-hybridized carbons (Fsp3) is 0.211. The summed E-state index contributed by atoms with van der Waals surface area (Å²) < 4.78 is 8.22. The Morgan fingerprint density at radius 2 is 2.00 bits per heavy atom. The van der Waals surface area contributed by atoms with Crippen LogP contribution in [-0.4, -0.2) is 11.8 Å². The third-order valence-corrected chi connectivity index (χ3v) is 5.41. The Balaban J connectivity index is 1.60. The average molecular weight is 389 g/mol. The molecule has 3 rings (SSSR count). The fourth-order valence-electron chi connectivity index (χ4n) is 2.28. The summed E-state index contributed by atoms with van der Waals surface area (Å²) in [6.07, 6.45) is 2.66. The van der Waals surface area contributed by atoms with E-state index in [2.05, 4.69) is 35.3 Å². The van der Waals surface area contributed by atoms with Crippen LogP contribution in [0, 0.1) is 0 Å². The van der Waals surface area contributed by atoms with E-state index in [0.29, 0.717) is 0 Å². The quantitative estimate of drug-likeness (QED) is 0.308. The molecule has 0 spiro atoms. The van der Waals surface area contributed by atoms with Gasteiger partial charge in [-0.3, -0.25) is 9.56 Å². The van der Waals surface area contributed by atoms with Gasteiger partial charge in [0.05, 0.1) is 6.26 Å². The van der Waals surface area contributed by atoms with Gasteiger partial charge in [-0.1, -0.05) is 36.9 Å². The molecule has 1 aromatic heterocycles. The van der Waals surface area contributed by atoms with Gasteiger partial charge in [-0.2, -0.15) is 0 Å². The highest BCUT2D eigenvalue weighted by atomic mass is 32.2. The van der Waals surface area contributed by atoms with Crippen LogP contribution < -0.4 is 10.2 Å². The molecular formula is C19H20N2O3S2. The van der Waals surface area contributed by atoms with Gasteiger partial charge in [-0.15, -0.1) is 0 Å². The Hall–Kier alpha value is -2.09. The number of hydrogen-bond donors (Lipinski definition) is 2. The van der Waals surface area contributed by atoms with E-state index >= 15 is 0 Å². The highest BCUT2D eigenvalue weighted by Gasteiger charge is 2.09. The topological polar surface area (TPSA) is 63.5 Å². The molecule has 0 atom stereocenters. The number of benzene rings is 2. The monoisotopic (exact) mass is 388 g/mol. The summed E-state index contributed by atoms with van der Waals surface area (Å²) in [5.74, 6) is 0.863. The fourth-order valence-corrected chi connectivity index (χ4v) is 3.64. The van der Waals surface area contributed by atoms with Crippen molar-refractivity contribution in [3.63, 3.8) is 0 Å². The minimum Gasteiger partial charge on any atom is -0.464 e. The van der Waals surface area contributed by atoms with E-state index in [0.717, 1.165) is 33.6 Å². The van der Waals surface area contributed by atoms with Crippen molar-refractivity contribution in [3.8, 4) is 0 Å². The molecule has 2 aromatic carbocycles. The summed E-state index contributed by atoms with van der Waals surface area (Å²) in [6, 6.07) is 15.9. The molecular weight excluding hydrogens is 368 g/mol. The zero-order chi connectivity index (χ0) is 18.2. The number of hydrogen-bond acceptors (Lipinski definition) is 5. The van der Waals surface area contributed by atoms with Crippen LogP contribution >= 0.6 is 23.7 Å². The van der Waals surface area contributed by atoms with Gasteiger partial charge in [-0.05, 0) is 48.7 Å². The third-order valence-electron chi connectivity index (χ3n) is 3.47. The second-order valence-electron chi connectivity index (χ2n) is 5.50. The standard InChI is InChI=1S/C19H20N2O3S2/c1-2-10-25-21-19(22)20-24-13-14-12-23-18-9-8-16(11-17(14)18)26-15-6-4-3-5-7-15/h3-9,11-12H,2,10,13H2,1H3,(H2,20,21,22). The minimum absolute atomic E-state index is 0.234. The van der Waals surface area contributed by atoms with Crippen molar-refractivity contribution in [2.75, 3.05) is 5.75 Å². The maximum atomic E-state index is 11.6. The van der Waals surface area contributed by atoms with Gasteiger partial charge in [-0.25, -0.2) is 10.3 Å². The van der Waals surface area contributed by atoms with Crippen LogP contribution in [0.1, 0.15) is 18.9 Å². The second kappa shape index (κ2) is 9.56. The van der Waals surface area contributed by atoms with E-state index in [1.54, 1.807) is 18.0 Å². The van der Waals surface area contributed by atoms with E-state index in [1.165, 1.54) is 16.8 Å². The van der Waals surface area contributed by atoms with Gasteiger partial charge in [0.1, 0.15) is 12.2 Å². The first-order chi connectivity index (χ1) is 12.8. The number of nitrogens with one attached hydrogen (secondary N) is 2. The number of amides is 2. The van der Waals surface area contributed by atoms with Gasteiger partial charge in [0.2, 0.25) is 0 Å². The Morgan fingerprint density at radius 3 is 2.81 bits per heavy atom. The zero-order valence-electron chi connectivity index (χ0n) is 14.4. The molecule has 7 heteroatoms. The lowest BCUT2D eigenvalue weighted by Crippen LogP contribution is -2.31. The Labute approximate surface area is 160 Å². The molecule has 2 N–H and O–H groups in total. The largest absolute Gasteiger partial charge is 0.464 e. The number of fused-ring (bicyclic) bond motifs is 1. The second-order valence-corrected chi connectivity index (χ2v) is 7.55. The van der Waals surface area contributed by atoms with E-state index in [4.69, 9.17) is 9.25 Å². The molecule has 0 aliphatic heterocycles. The van der Waals surface area contributed by atoms with E-state index in [-0.39, 0.29) is 12.6 Å². The first kappa shape index (κ1) is 18.7. The molecule has 2 amide bonds. The molecule has 3 aromatic rings. The van der Waals surface area contributed by atoms with Gasteiger partial charge >= 0.3 is 6.03 Å². The van der Waals surface area contributed by atoms with Crippen molar-refractivity contribution in [2.45, 2.75) is 29.7 Å². The lowest BCUT2D eigenvalue weighted by atomic mass is 10.2. The van der Waals surface area contributed by atoms with Gasteiger partial charge < -0.3 is 4.42 Å². The predicted molar refractivity (Wildman–Crippen MR) is 106 cm³/mol. The molecule has 26 heavy (non-hydrogen) atoms. The summed E-state index contributed by atoms with van der Waals surface area (Å²) in [5.41, 5.74) is 4.06. The van der Waals surface area contributed by atoms with Crippen LogP contribution in [0.3, 0.4) is 0 Å². The van der Waals surface area contributed by atoms with Gasteiger partial charge in [0.15, 0.2) is 0 Å². The number of carbonyl (C=O) groups excluding carboxylic acids is 1. The van der Waals surface area contributed by atoms with Gasteiger partial charge in [0.25, 0.3) is 0 Å². The Morgan fingerprint density at radius 1 is 1.15 bits per heavy atom. The summed E-state index contributed by atoms with van der Waals surface area (Å²) in [7, 11) is 0. The summed E-state index contributed by atoms with van der Waals surface area (Å²) in [5, 5.41) is 0.980. The van der Waals surface area contributed by atoms with Crippen molar-refractivity contribution in [1.82, 2.24) is 10.2 Å². The van der Waals surface area contributed by atoms with Crippen molar-refractivity contribution >= 4 is 40.7 Å². The highest BCUT2D eigenvalue weighted by Crippen LogP contribution is 2.32. The number of urea groups is 1. The number of rotatable bonds is 8. The zero-order valence-corrected chi connectivity index (χ0v) is 16.0. The first-order valence-electron chi connectivity index (χ1n) is 8.29. The van der Waals surface area contributed by atoms with Gasteiger partial charge in [0, 0.05) is 26.5 Å². The Bertz CT molecular complexity index is 852. The van der Waals surface area contributed by atoms with E-state index in [1.807, 2.05) is 30.3 Å². The lowest BCUT2D eigenvalue weighted by Gasteiger charge is -2.06. The normalized spacial score (nSPS) is 10.8. The van der Waals surface area contributed by atoms with Crippen LogP contribution in [0.15, 0.2) is 69.0 Å². The lowest BCUT2D eigenvalue weighted by molar-refractivity contribution is 0.0513. The molecule has 0 saturated heterocycles. The minimum atomic E-state index is -0.364. The summed E-state index contributed by atoms with van der Waals surface area (Å²) >= 11 is 3.04. The highest BCUT2D eigenvalue weighted by molar-refractivity contribution is 7.99. The molecule has 0 saturated carbocycles. The van der Waals surface area contributed by atoms with E-state index in [9.17, 15) is 4.79 Å². The predicted octanol–water partition coefficient (Wildman–Crippen LogP) is 5.37. The van der Waals surface area contributed by atoms with Crippen molar-refractivity contribution < 1.29 is 14.0 Å². The molecule has 5 nitrogen and oxygen atoms in total. The van der Waals surface area contributed by atoms with Crippen LogP contribution in [0.5, 0.6) is 0 Å². The molecule has 0 unspecified atom stereocenters. The SMILES string of the molecule is CCCSNC(=O)NOCc1coc2ccc(Sc3ccccc3)cc12. The van der Waals surface area contributed by atoms with Crippen molar-refractivity contribution in [2.24, 2.45) is 0 Å². The number of carbonyl (C=O) groups is 1.